The van der Waals surface area contributed by atoms with Crippen molar-refractivity contribution >= 4 is 5.97 Å². The molecule has 0 saturated heterocycles. The van der Waals surface area contributed by atoms with Crippen LogP contribution in [0, 0.1) is 11.8 Å². The van der Waals surface area contributed by atoms with Gasteiger partial charge in [-0.3, -0.25) is 4.79 Å². The van der Waals surface area contributed by atoms with Crippen LogP contribution in [0.2, 0.25) is 0 Å². The van der Waals surface area contributed by atoms with E-state index in [-0.39, 0.29) is 12.0 Å². The van der Waals surface area contributed by atoms with Crippen LogP contribution >= 0.6 is 0 Å². The Bertz CT molecular complexity index is 232. The van der Waals surface area contributed by atoms with Crippen LogP contribution in [-0.2, 0) is 9.53 Å². The summed E-state index contributed by atoms with van der Waals surface area (Å²) in [5.74, 6) is 1.30. The summed E-state index contributed by atoms with van der Waals surface area (Å²) in [5.41, 5.74) is 0. The Morgan fingerprint density at radius 3 is 2.56 bits per heavy atom. The summed E-state index contributed by atoms with van der Waals surface area (Å²) >= 11 is 0. The molecule has 2 saturated carbocycles. The van der Waals surface area contributed by atoms with E-state index in [0.29, 0.717) is 12.5 Å². The summed E-state index contributed by atoms with van der Waals surface area (Å²) in [6.45, 7) is 3.37. The Balaban J connectivity index is 1.84. The molecule has 0 aromatic rings. The minimum Gasteiger partial charge on any atom is -0.465 e. The highest BCUT2D eigenvalue weighted by atomic mass is 16.5. The first-order chi connectivity index (χ1) is 7.81. The number of hydrogen-bond acceptors (Lipinski definition) is 3. The lowest BCUT2D eigenvalue weighted by Gasteiger charge is -2.22. The summed E-state index contributed by atoms with van der Waals surface area (Å²) in [5, 5.41) is 3.43. The van der Waals surface area contributed by atoms with E-state index in [4.69, 9.17) is 4.74 Å². The van der Waals surface area contributed by atoms with Gasteiger partial charge < -0.3 is 10.1 Å². The quantitative estimate of drug-likeness (QED) is 0.704. The normalized spacial score (nSPS) is 23.3. The molecule has 2 aliphatic rings. The van der Waals surface area contributed by atoms with Crippen molar-refractivity contribution in [2.24, 2.45) is 11.8 Å². The molecular weight excluding hydrogens is 202 g/mol. The van der Waals surface area contributed by atoms with E-state index in [1.807, 2.05) is 6.92 Å². The molecule has 2 fully saturated rings. The fourth-order valence-corrected chi connectivity index (χ4v) is 2.58. The van der Waals surface area contributed by atoms with Gasteiger partial charge in [0.05, 0.1) is 6.61 Å². The Morgan fingerprint density at radius 2 is 2.00 bits per heavy atom. The number of nitrogens with one attached hydrogen (secondary N) is 1. The molecule has 92 valence electrons. The largest absolute Gasteiger partial charge is 0.465 e. The second-order valence-electron chi connectivity index (χ2n) is 5.13. The zero-order chi connectivity index (χ0) is 11.4. The monoisotopic (exact) mass is 225 g/mol. The van der Waals surface area contributed by atoms with E-state index in [1.54, 1.807) is 0 Å². The highest BCUT2D eigenvalue weighted by Crippen LogP contribution is 2.31. The maximum absolute atomic E-state index is 11.9. The van der Waals surface area contributed by atoms with Gasteiger partial charge in [0.2, 0.25) is 0 Å². The lowest BCUT2D eigenvalue weighted by molar-refractivity contribution is -0.147. The fraction of sp³-hybridized carbons (Fsp3) is 0.923. The van der Waals surface area contributed by atoms with Gasteiger partial charge in [-0.05, 0) is 51.0 Å². The number of esters is 1. The van der Waals surface area contributed by atoms with Crippen molar-refractivity contribution in [2.45, 2.75) is 51.5 Å². The van der Waals surface area contributed by atoms with Gasteiger partial charge in [0.1, 0.15) is 6.04 Å². The van der Waals surface area contributed by atoms with Crippen LogP contribution in [0.1, 0.15) is 45.4 Å². The number of carbonyl (C=O) groups is 1. The molecule has 3 heteroatoms. The Labute approximate surface area is 97.9 Å². The third kappa shape index (κ3) is 3.21. The van der Waals surface area contributed by atoms with E-state index in [9.17, 15) is 4.79 Å². The van der Waals surface area contributed by atoms with Crippen LogP contribution in [0.3, 0.4) is 0 Å². The average molecular weight is 225 g/mol. The molecule has 3 nitrogen and oxygen atoms in total. The maximum atomic E-state index is 11.9. The Hall–Kier alpha value is -0.570. The predicted molar refractivity (Wildman–Crippen MR) is 63.1 cm³/mol. The average Bonchev–Trinajstić information content (AvgIpc) is 2.93. The number of hydrogen-bond donors (Lipinski definition) is 1. The second kappa shape index (κ2) is 5.67. The van der Waals surface area contributed by atoms with Crippen molar-refractivity contribution in [3.05, 3.63) is 0 Å². The molecule has 0 aliphatic heterocycles. The van der Waals surface area contributed by atoms with Crippen molar-refractivity contribution in [3.63, 3.8) is 0 Å². The van der Waals surface area contributed by atoms with Gasteiger partial charge in [-0.1, -0.05) is 12.8 Å². The maximum Gasteiger partial charge on any atom is 0.323 e. The number of ether oxygens (including phenoxy) is 1. The lowest BCUT2D eigenvalue weighted by atomic mass is 9.98. The molecule has 0 aromatic heterocycles. The van der Waals surface area contributed by atoms with Crippen LogP contribution in [0.25, 0.3) is 0 Å². The van der Waals surface area contributed by atoms with Crippen molar-refractivity contribution in [1.29, 1.82) is 0 Å². The minimum absolute atomic E-state index is 0.0324. The van der Waals surface area contributed by atoms with Gasteiger partial charge in [-0.2, -0.15) is 0 Å². The lowest BCUT2D eigenvalue weighted by Crippen LogP contribution is -2.44. The SMILES string of the molecule is CCOC(=O)C(NCC1CC1)C1CCCC1. The molecule has 0 amide bonds. The zero-order valence-corrected chi connectivity index (χ0v) is 10.2. The Kier molecular flexibility index (Phi) is 4.22. The first kappa shape index (κ1) is 11.9. The van der Waals surface area contributed by atoms with Gasteiger partial charge in [-0.25, -0.2) is 0 Å². The van der Waals surface area contributed by atoms with Crippen LogP contribution in [0.15, 0.2) is 0 Å². The standard InChI is InChI=1S/C13H23NO2/c1-2-16-13(15)12(11-5-3-4-6-11)14-9-10-7-8-10/h10-12,14H,2-9H2,1H3. The van der Waals surface area contributed by atoms with Gasteiger partial charge in [0, 0.05) is 0 Å². The van der Waals surface area contributed by atoms with E-state index < -0.39 is 0 Å². The highest BCUT2D eigenvalue weighted by Gasteiger charge is 2.33. The molecule has 0 radical (unpaired) electrons. The smallest absolute Gasteiger partial charge is 0.323 e. The first-order valence-corrected chi connectivity index (χ1v) is 6.71. The van der Waals surface area contributed by atoms with Crippen molar-refractivity contribution in [1.82, 2.24) is 5.32 Å². The van der Waals surface area contributed by atoms with Crippen LogP contribution < -0.4 is 5.32 Å². The van der Waals surface area contributed by atoms with Crippen molar-refractivity contribution < 1.29 is 9.53 Å². The summed E-state index contributed by atoms with van der Waals surface area (Å²) < 4.78 is 5.17. The van der Waals surface area contributed by atoms with Gasteiger partial charge in [0.15, 0.2) is 0 Å². The summed E-state index contributed by atoms with van der Waals surface area (Å²) in [6.07, 6.45) is 7.56. The van der Waals surface area contributed by atoms with E-state index in [0.717, 1.165) is 12.5 Å². The number of rotatable bonds is 6. The van der Waals surface area contributed by atoms with E-state index >= 15 is 0 Å². The fourth-order valence-electron chi connectivity index (χ4n) is 2.58. The summed E-state index contributed by atoms with van der Waals surface area (Å²) in [6, 6.07) is -0.0388. The molecular formula is C13H23NO2. The highest BCUT2D eigenvalue weighted by molar-refractivity contribution is 5.76. The predicted octanol–water partition coefficient (Wildman–Crippen LogP) is 2.11. The van der Waals surface area contributed by atoms with Gasteiger partial charge in [0.25, 0.3) is 0 Å². The molecule has 1 unspecified atom stereocenters. The minimum atomic E-state index is -0.0388. The third-order valence-corrected chi connectivity index (χ3v) is 3.74. The molecule has 16 heavy (non-hydrogen) atoms. The van der Waals surface area contributed by atoms with Crippen molar-refractivity contribution in [2.75, 3.05) is 13.2 Å². The van der Waals surface area contributed by atoms with Crippen LogP contribution in [0.4, 0.5) is 0 Å². The molecule has 0 aromatic carbocycles. The molecule has 1 N–H and O–H groups in total. The molecule has 0 heterocycles. The second-order valence-corrected chi connectivity index (χ2v) is 5.13. The Morgan fingerprint density at radius 1 is 1.31 bits per heavy atom. The van der Waals surface area contributed by atoms with Gasteiger partial charge >= 0.3 is 5.97 Å². The van der Waals surface area contributed by atoms with Crippen LogP contribution in [0.5, 0.6) is 0 Å². The summed E-state index contributed by atoms with van der Waals surface area (Å²) in [7, 11) is 0. The van der Waals surface area contributed by atoms with E-state index in [2.05, 4.69) is 5.32 Å². The molecule has 2 aliphatic carbocycles. The molecule has 0 spiro atoms. The molecule has 1 atom stereocenters. The number of carbonyl (C=O) groups excluding carboxylic acids is 1. The third-order valence-electron chi connectivity index (χ3n) is 3.74. The first-order valence-electron chi connectivity index (χ1n) is 6.71. The summed E-state index contributed by atoms with van der Waals surface area (Å²) in [4.78, 5) is 11.9. The zero-order valence-electron chi connectivity index (χ0n) is 10.2. The van der Waals surface area contributed by atoms with Crippen molar-refractivity contribution in [3.8, 4) is 0 Å². The topological polar surface area (TPSA) is 38.3 Å². The van der Waals surface area contributed by atoms with Crippen LogP contribution in [-0.4, -0.2) is 25.2 Å². The molecule has 2 rings (SSSR count). The van der Waals surface area contributed by atoms with E-state index in [1.165, 1.54) is 38.5 Å². The van der Waals surface area contributed by atoms with Gasteiger partial charge in [-0.15, -0.1) is 0 Å². The molecule has 0 bridgehead atoms.